The summed E-state index contributed by atoms with van der Waals surface area (Å²) < 4.78 is 66.2. The maximum absolute atomic E-state index is 13.5. The Morgan fingerprint density at radius 3 is 2.56 bits per heavy atom. The lowest BCUT2D eigenvalue weighted by molar-refractivity contribution is -0.137. The van der Waals surface area contributed by atoms with Crippen molar-refractivity contribution in [3.8, 4) is 11.3 Å². The molecule has 1 fully saturated rings. The molecule has 3 heterocycles. The lowest BCUT2D eigenvalue weighted by Crippen LogP contribution is -2.44. The molecule has 2 N–H and O–H groups in total. The zero-order chi connectivity index (χ0) is 24.7. The largest absolute Gasteiger partial charge is 0.416 e. The van der Waals surface area contributed by atoms with Crippen LogP contribution in [0.4, 0.5) is 13.2 Å². The summed E-state index contributed by atoms with van der Waals surface area (Å²) in [6.45, 7) is 0.651. The predicted octanol–water partition coefficient (Wildman–Crippen LogP) is 5.65. The quantitative estimate of drug-likeness (QED) is 0.375. The molecule has 2 aromatic heterocycles. The standard InChI is InChI=1S/C20H16BrClF3N3O3S3/c21-12-8-15(33-16(12)22)34(30,31)19(28-17(29)13-2-1-7-26-13)18-27-14(9-32-18)10-3-5-11(6-4-10)20(23,24)25/h3-6,8-9,13,19,26H,1-2,7H2,(H,28,29)/t13-,19?/m0/s1. The van der Waals surface area contributed by atoms with E-state index in [9.17, 15) is 26.4 Å². The van der Waals surface area contributed by atoms with Gasteiger partial charge in [-0.3, -0.25) is 4.79 Å². The predicted molar refractivity (Wildman–Crippen MR) is 129 cm³/mol. The second-order valence-corrected chi connectivity index (χ2v) is 13.1. The molecule has 34 heavy (non-hydrogen) atoms. The molecule has 1 aromatic carbocycles. The van der Waals surface area contributed by atoms with Gasteiger partial charge in [0.2, 0.25) is 15.7 Å². The number of hydrogen-bond acceptors (Lipinski definition) is 7. The number of halogens is 5. The van der Waals surface area contributed by atoms with Crippen molar-refractivity contribution in [2.75, 3.05) is 6.54 Å². The first kappa shape index (κ1) is 25.6. The van der Waals surface area contributed by atoms with Crippen LogP contribution in [-0.4, -0.2) is 31.9 Å². The molecule has 0 bridgehead atoms. The zero-order valence-corrected chi connectivity index (χ0v) is 21.8. The zero-order valence-electron chi connectivity index (χ0n) is 17.0. The SMILES string of the molecule is O=C(NC(c1nc(-c2ccc(C(F)(F)F)cc2)cs1)S(=O)(=O)c1cc(Br)c(Cl)s1)[C@@H]1CCCN1. The molecule has 1 aliphatic heterocycles. The van der Waals surface area contributed by atoms with Crippen LogP contribution in [-0.2, 0) is 20.8 Å². The number of carbonyl (C=O) groups is 1. The molecule has 2 atom stereocenters. The topological polar surface area (TPSA) is 88.2 Å². The van der Waals surface area contributed by atoms with Crippen molar-refractivity contribution < 1.29 is 26.4 Å². The van der Waals surface area contributed by atoms with Crippen molar-refractivity contribution in [1.82, 2.24) is 15.6 Å². The Kier molecular flexibility index (Phi) is 7.42. The van der Waals surface area contributed by atoms with Crippen molar-refractivity contribution >= 4 is 65.9 Å². The highest BCUT2D eigenvalue weighted by Gasteiger charge is 2.37. The van der Waals surface area contributed by atoms with Crippen LogP contribution in [0.2, 0.25) is 4.34 Å². The molecule has 4 rings (SSSR count). The highest BCUT2D eigenvalue weighted by atomic mass is 79.9. The summed E-state index contributed by atoms with van der Waals surface area (Å²) in [7, 11) is -4.13. The number of rotatable bonds is 6. The molecule has 3 aromatic rings. The molecule has 1 amide bonds. The number of sulfone groups is 1. The Morgan fingerprint density at radius 2 is 2.00 bits per heavy atom. The molecule has 0 spiro atoms. The lowest BCUT2D eigenvalue weighted by atomic mass is 10.1. The number of nitrogens with one attached hydrogen (secondary N) is 2. The Morgan fingerprint density at radius 1 is 1.29 bits per heavy atom. The molecule has 1 unspecified atom stereocenters. The van der Waals surface area contributed by atoms with Gasteiger partial charge in [-0.1, -0.05) is 23.7 Å². The molecule has 14 heteroatoms. The summed E-state index contributed by atoms with van der Waals surface area (Å²) in [4.78, 5) is 17.1. The average Bonchev–Trinajstić information content (AvgIpc) is 3.54. The van der Waals surface area contributed by atoms with E-state index in [0.29, 0.717) is 28.7 Å². The third kappa shape index (κ3) is 5.34. The molecular formula is C20H16BrClF3N3O3S3. The van der Waals surface area contributed by atoms with Crippen molar-refractivity contribution in [2.45, 2.75) is 34.6 Å². The fourth-order valence-electron chi connectivity index (χ4n) is 3.36. The number of nitrogens with zero attached hydrogens (tertiary/aromatic N) is 1. The second kappa shape index (κ2) is 9.86. The van der Waals surface area contributed by atoms with Gasteiger partial charge in [-0.25, -0.2) is 13.4 Å². The molecule has 1 aliphatic rings. The summed E-state index contributed by atoms with van der Waals surface area (Å²) in [6.07, 6.45) is -3.11. The van der Waals surface area contributed by atoms with Gasteiger partial charge in [-0.2, -0.15) is 13.2 Å². The maximum Gasteiger partial charge on any atom is 0.416 e. The molecule has 6 nitrogen and oxygen atoms in total. The van der Waals surface area contributed by atoms with Crippen LogP contribution in [0, 0.1) is 0 Å². The minimum absolute atomic E-state index is 0.0552. The van der Waals surface area contributed by atoms with Crippen molar-refractivity contribution in [2.24, 2.45) is 0 Å². The number of carbonyl (C=O) groups excluding carboxylic acids is 1. The van der Waals surface area contributed by atoms with E-state index in [2.05, 4.69) is 31.5 Å². The summed E-state index contributed by atoms with van der Waals surface area (Å²) in [6, 6.07) is 5.23. The van der Waals surface area contributed by atoms with E-state index in [-0.39, 0.29) is 13.6 Å². The van der Waals surface area contributed by atoms with Gasteiger partial charge in [0.25, 0.3) is 0 Å². The molecule has 0 radical (unpaired) electrons. The molecule has 182 valence electrons. The molecule has 0 saturated carbocycles. The van der Waals surface area contributed by atoms with Crippen molar-refractivity contribution in [3.05, 3.63) is 55.1 Å². The second-order valence-electron chi connectivity index (χ2n) is 7.42. The first-order valence-electron chi connectivity index (χ1n) is 9.82. The minimum Gasteiger partial charge on any atom is -0.332 e. The van der Waals surface area contributed by atoms with Crippen LogP contribution in [0.5, 0.6) is 0 Å². The molecular weight excluding hydrogens is 599 g/mol. The van der Waals surface area contributed by atoms with Gasteiger partial charge in [0.1, 0.15) is 13.6 Å². The van der Waals surface area contributed by atoms with Crippen LogP contribution >= 0.6 is 50.2 Å². The first-order chi connectivity index (χ1) is 16.0. The van der Waals surface area contributed by atoms with Gasteiger partial charge < -0.3 is 10.6 Å². The highest BCUT2D eigenvalue weighted by Crippen LogP contribution is 2.40. The number of aromatic nitrogens is 1. The Labute approximate surface area is 214 Å². The van der Waals surface area contributed by atoms with Crippen molar-refractivity contribution in [1.29, 1.82) is 0 Å². The van der Waals surface area contributed by atoms with Crippen LogP contribution in [0.15, 0.2) is 44.4 Å². The fraction of sp³-hybridized carbons (Fsp3) is 0.300. The molecule has 1 saturated heterocycles. The van der Waals surface area contributed by atoms with Crippen LogP contribution in [0.1, 0.15) is 28.8 Å². The highest BCUT2D eigenvalue weighted by molar-refractivity contribution is 9.10. The molecule has 0 aliphatic carbocycles. The van der Waals surface area contributed by atoms with E-state index in [1.807, 2.05) is 0 Å². The van der Waals surface area contributed by atoms with E-state index in [4.69, 9.17) is 11.6 Å². The van der Waals surface area contributed by atoms with Gasteiger partial charge in [-0.15, -0.1) is 22.7 Å². The van der Waals surface area contributed by atoms with Gasteiger partial charge in [0.15, 0.2) is 5.37 Å². The van der Waals surface area contributed by atoms with E-state index < -0.39 is 38.9 Å². The summed E-state index contributed by atoms with van der Waals surface area (Å²) in [5.74, 6) is -0.473. The normalized spacial score (nSPS) is 17.6. The van der Waals surface area contributed by atoms with Gasteiger partial charge in [0.05, 0.1) is 17.3 Å². The van der Waals surface area contributed by atoms with Gasteiger partial charge >= 0.3 is 6.18 Å². The number of amides is 1. The Balaban J connectivity index is 1.69. The summed E-state index contributed by atoms with van der Waals surface area (Å²) >= 11 is 11.1. The number of alkyl halides is 3. The number of hydrogen-bond donors (Lipinski definition) is 2. The number of thiophene rings is 1. The van der Waals surface area contributed by atoms with Crippen LogP contribution in [0.25, 0.3) is 11.3 Å². The monoisotopic (exact) mass is 613 g/mol. The van der Waals surface area contributed by atoms with Crippen LogP contribution < -0.4 is 10.6 Å². The van der Waals surface area contributed by atoms with E-state index in [1.54, 1.807) is 0 Å². The first-order valence-corrected chi connectivity index (χ1v) is 14.2. The average molecular weight is 615 g/mol. The third-order valence-electron chi connectivity index (χ3n) is 5.12. The van der Waals surface area contributed by atoms with E-state index in [0.717, 1.165) is 41.2 Å². The summed E-state index contributed by atoms with van der Waals surface area (Å²) in [5, 5.41) is 5.75. The van der Waals surface area contributed by atoms with E-state index in [1.165, 1.54) is 23.6 Å². The van der Waals surface area contributed by atoms with Crippen LogP contribution in [0.3, 0.4) is 0 Å². The Bertz CT molecular complexity index is 1280. The minimum atomic E-state index is -4.47. The van der Waals surface area contributed by atoms with Crippen molar-refractivity contribution in [3.63, 3.8) is 0 Å². The fourth-order valence-corrected chi connectivity index (χ4v) is 8.50. The number of thiazole rings is 1. The van der Waals surface area contributed by atoms with Gasteiger partial charge in [0, 0.05) is 15.4 Å². The number of benzene rings is 1. The summed E-state index contributed by atoms with van der Waals surface area (Å²) in [5.41, 5.74) is -0.117. The van der Waals surface area contributed by atoms with E-state index >= 15 is 0 Å². The Hall–Kier alpha value is -1.51. The maximum atomic E-state index is 13.5. The third-order valence-corrected chi connectivity index (χ3v) is 11.0. The lowest BCUT2D eigenvalue weighted by Gasteiger charge is -2.19. The van der Waals surface area contributed by atoms with Gasteiger partial charge in [-0.05, 0) is 53.5 Å². The smallest absolute Gasteiger partial charge is 0.332 e.